The van der Waals surface area contributed by atoms with E-state index in [2.05, 4.69) is 110 Å². The number of aromatic nitrogens is 6. The molecule has 12 nitrogen and oxygen atoms in total. The minimum Gasteiger partial charge on any atom is -0.361 e. The average molecular weight is 915 g/mol. The molecule has 0 bridgehead atoms. The Bertz CT molecular complexity index is 2470. The number of aryl methyl sites for hydroxylation is 2. The van der Waals surface area contributed by atoms with E-state index in [9.17, 15) is 0 Å². The quantitative estimate of drug-likeness (QED) is 0.0755. The van der Waals surface area contributed by atoms with Crippen molar-refractivity contribution in [2.75, 3.05) is 18.4 Å². The summed E-state index contributed by atoms with van der Waals surface area (Å²) in [5.74, 6) is 0.651. The van der Waals surface area contributed by atoms with Gasteiger partial charge >= 0.3 is 0 Å². The number of benzene rings is 2. The van der Waals surface area contributed by atoms with Crippen LogP contribution in [0.1, 0.15) is 64.5 Å². The number of anilines is 1. The summed E-state index contributed by atoms with van der Waals surface area (Å²) in [6.07, 6.45) is 12.0. The lowest BCUT2D eigenvalue weighted by Crippen LogP contribution is -2.51. The Hall–Kier alpha value is -4.41. The second-order valence-electron chi connectivity index (χ2n) is 15.9. The summed E-state index contributed by atoms with van der Waals surface area (Å²) in [6, 6.07) is 8.21. The number of halogens is 3. The zero-order valence-electron chi connectivity index (χ0n) is 32.9. The fraction of sp³-hybridized carbons (Fsp3) is 0.381. The average Bonchev–Trinajstić information content (AvgIpc) is 3.82. The number of nitrogens with two attached hydrogens (primary N) is 1. The van der Waals surface area contributed by atoms with Crippen molar-refractivity contribution in [2.24, 2.45) is 5.73 Å². The van der Waals surface area contributed by atoms with Gasteiger partial charge in [0.15, 0.2) is 0 Å². The number of hydrogen-bond acceptors (Lipinski definition) is 8. The van der Waals surface area contributed by atoms with Gasteiger partial charge in [-0.05, 0) is 90.0 Å². The first-order valence-corrected chi connectivity index (χ1v) is 20.8. The molecule has 2 saturated heterocycles. The molecule has 0 spiro atoms. The third-order valence-electron chi connectivity index (χ3n) is 10.5. The van der Waals surface area contributed by atoms with Gasteiger partial charge in [-0.15, -0.1) is 0 Å². The van der Waals surface area contributed by atoms with Crippen LogP contribution < -0.4 is 21.7 Å². The second kappa shape index (κ2) is 17.6. The third-order valence-corrected chi connectivity index (χ3v) is 12.3. The van der Waals surface area contributed by atoms with E-state index in [-0.39, 0.29) is 10.8 Å². The molecule has 2 atom stereocenters. The monoisotopic (exact) mass is 912 g/mol. The number of H-pyrrole nitrogens is 2. The Labute approximate surface area is 355 Å². The molecule has 0 amide bonds. The van der Waals surface area contributed by atoms with Gasteiger partial charge in [0.1, 0.15) is 0 Å². The molecule has 6 heterocycles. The summed E-state index contributed by atoms with van der Waals surface area (Å²) in [4.78, 5) is 31.1. The molecule has 0 unspecified atom stereocenters. The van der Waals surface area contributed by atoms with Gasteiger partial charge in [0, 0.05) is 103 Å². The number of fused-ring (bicyclic) bond motifs is 2. The largest absolute Gasteiger partial charge is 0.361 e. The van der Waals surface area contributed by atoms with Gasteiger partial charge in [0.2, 0.25) is 22.6 Å². The van der Waals surface area contributed by atoms with Crippen LogP contribution in [0.15, 0.2) is 58.0 Å². The van der Waals surface area contributed by atoms with E-state index in [1.807, 2.05) is 50.6 Å². The molecule has 0 saturated carbocycles. The van der Waals surface area contributed by atoms with E-state index >= 15 is 0 Å². The molecule has 7 N–H and O–H groups in total. The maximum absolute atomic E-state index is 7.29. The number of piperidine rings is 2. The molecule has 57 heavy (non-hydrogen) atoms. The molecule has 296 valence electrons. The molecule has 2 fully saturated rings. The van der Waals surface area contributed by atoms with Crippen LogP contribution in [-0.2, 0) is 0 Å². The molecular weight excluding hydrogens is 868 g/mol. The zero-order chi connectivity index (χ0) is 41.1. The molecule has 6 aromatic rings. The Morgan fingerprint density at radius 2 is 1.28 bits per heavy atom. The van der Waals surface area contributed by atoms with Crippen LogP contribution in [0.25, 0.3) is 54.0 Å². The van der Waals surface area contributed by atoms with Crippen LogP contribution in [0.4, 0.5) is 17.3 Å². The van der Waals surface area contributed by atoms with Gasteiger partial charge in [-0.1, -0.05) is 56.1 Å². The van der Waals surface area contributed by atoms with Crippen LogP contribution >= 0.6 is 43.5 Å². The topological polar surface area (TPSA) is 154 Å². The summed E-state index contributed by atoms with van der Waals surface area (Å²) in [7, 11) is 0. The van der Waals surface area contributed by atoms with E-state index in [0.717, 1.165) is 90.3 Å². The molecule has 0 aliphatic carbocycles. The molecule has 2 aromatic carbocycles. The van der Waals surface area contributed by atoms with Gasteiger partial charge in [-0.25, -0.2) is 29.6 Å². The highest BCUT2D eigenvalue weighted by Crippen LogP contribution is 2.39. The van der Waals surface area contributed by atoms with Gasteiger partial charge in [0.05, 0.1) is 24.5 Å². The SMILES string of the molecule is CC1(C)CC[C@H](N)CN1.[C-]#[N+]c1ccc2c(-c3nc(Cl)ncc3C)c[nH]c2c1Br.[C-]#[N+]c1ccc2c(-c3nc(N[C@H]4CCC(C)(C)NC4)ncc3C)c[nH]c2c1Br. The van der Waals surface area contributed by atoms with E-state index < -0.39 is 0 Å². The van der Waals surface area contributed by atoms with E-state index in [1.54, 1.807) is 12.3 Å². The zero-order valence-corrected chi connectivity index (χ0v) is 36.8. The lowest BCUT2D eigenvalue weighted by molar-refractivity contribution is 0.281. The van der Waals surface area contributed by atoms with Crippen LogP contribution in [0.2, 0.25) is 5.28 Å². The fourth-order valence-corrected chi connectivity index (χ4v) is 8.15. The van der Waals surface area contributed by atoms with Crippen molar-refractivity contribution < 1.29 is 0 Å². The van der Waals surface area contributed by atoms with Gasteiger partial charge in [-0.3, -0.25) is 0 Å². The molecule has 4 aromatic heterocycles. The predicted molar refractivity (Wildman–Crippen MR) is 239 cm³/mol. The number of aromatic amines is 2. The Morgan fingerprint density at radius 1 is 0.772 bits per heavy atom. The highest BCUT2D eigenvalue weighted by molar-refractivity contribution is 9.11. The van der Waals surface area contributed by atoms with Crippen molar-refractivity contribution in [1.82, 2.24) is 40.5 Å². The van der Waals surface area contributed by atoms with Crippen LogP contribution in [0.5, 0.6) is 0 Å². The second-order valence-corrected chi connectivity index (χ2v) is 17.8. The molecule has 8 rings (SSSR count). The Kier molecular flexibility index (Phi) is 13.0. The normalized spacial score (nSPS) is 18.4. The fourth-order valence-electron chi connectivity index (χ4n) is 6.92. The van der Waals surface area contributed by atoms with E-state index in [0.29, 0.717) is 34.9 Å². The number of nitrogens with zero attached hydrogens (tertiary/aromatic N) is 6. The summed E-state index contributed by atoms with van der Waals surface area (Å²) < 4.78 is 1.54. The predicted octanol–water partition coefficient (Wildman–Crippen LogP) is 10.6. The Morgan fingerprint density at radius 3 is 1.75 bits per heavy atom. The molecular formula is C42H47Br2ClN12. The number of rotatable bonds is 4. The summed E-state index contributed by atoms with van der Waals surface area (Å²) >= 11 is 12.9. The lowest BCUT2D eigenvalue weighted by atomic mass is 9.91. The van der Waals surface area contributed by atoms with Crippen molar-refractivity contribution in [3.63, 3.8) is 0 Å². The maximum Gasteiger partial charge on any atom is 0.223 e. The van der Waals surface area contributed by atoms with Gasteiger partial charge in [0.25, 0.3) is 0 Å². The van der Waals surface area contributed by atoms with Gasteiger partial charge in [-0.2, -0.15) is 0 Å². The minimum absolute atomic E-state index is 0.194. The van der Waals surface area contributed by atoms with Crippen LogP contribution in [0.3, 0.4) is 0 Å². The smallest absolute Gasteiger partial charge is 0.223 e. The van der Waals surface area contributed by atoms with Crippen molar-refractivity contribution in [3.8, 4) is 22.5 Å². The molecule has 0 radical (unpaired) electrons. The first-order valence-electron chi connectivity index (χ1n) is 18.8. The first kappa shape index (κ1) is 42.2. The van der Waals surface area contributed by atoms with Crippen molar-refractivity contribution in [3.05, 3.63) is 97.2 Å². The standard InChI is InChI=1S/C21H23BrN6.C14H8BrClN4.C7H16N2/c1-12-9-25-20(27-13-7-8-21(2,3)26-10-13)28-18(12)15-11-24-19-14(15)5-6-16(23-4)17(19)22;1-7-5-19-14(16)20-12(7)9-6-18-13-8(9)3-4-10(17-2)11(13)15;1-7(2)4-3-6(8)5-9-7/h5-6,9,11,13,24,26H,7-8,10H2,1-3H3,(H,25,27,28);3-6,18H,1H3;6,9H,3-5,8H2,1-2H3/t13-;;6-/m0.0/s1. The summed E-state index contributed by atoms with van der Waals surface area (Å²) in [5.41, 5.74) is 14.8. The van der Waals surface area contributed by atoms with E-state index in [4.69, 9.17) is 35.5 Å². The first-order chi connectivity index (χ1) is 27.1. The van der Waals surface area contributed by atoms with Crippen LogP contribution in [0, 0.1) is 27.0 Å². The number of nitrogens with one attached hydrogen (secondary N) is 5. The highest BCUT2D eigenvalue weighted by Gasteiger charge is 2.27. The van der Waals surface area contributed by atoms with Crippen molar-refractivity contribution in [1.29, 1.82) is 0 Å². The van der Waals surface area contributed by atoms with E-state index in [1.165, 1.54) is 12.8 Å². The summed E-state index contributed by atoms with van der Waals surface area (Å²) in [6.45, 7) is 29.2. The van der Waals surface area contributed by atoms with Gasteiger partial charge < -0.3 is 31.7 Å². The number of hydrogen-bond donors (Lipinski definition) is 6. The molecule has 2 aliphatic heterocycles. The molecule has 15 heteroatoms. The van der Waals surface area contributed by atoms with Crippen molar-refractivity contribution >= 4 is 82.6 Å². The molecule has 2 aliphatic rings. The maximum atomic E-state index is 7.29. The minimum atomic E-state index is 0.194. The Balaban J connectivity index is 0.000000164. The lowest BCUT2D eigenvalue weighted by Gasteiger charge is -2.36. The van der Waals surface area contributed by atoms with Crippen molar-refractivity contribution in [2.45, 2.75) is 90.4 Å². The van der Waals surface area contributed by atoms with Crippen LogP contribution in [-0.4, -0.2) is 66.2 Å². The third kappa shape index (κ3) is 9.83. The highest BCUT2D eigenvalue weighted by atomic mass is 79.9. The summed E-state index contributed by atoms with van der Waals surface area (Å²) in [5, 5.41) is 12.7.